The molecular weight excluding hydrogens is 256 g/mol. The lowest BCUT2D eigenvalue weighted by atomic mass is 10.1. The predicted molar refractivity (Wildman–Crippen MR) is 60.4 cm³/mol. The van der Waals surface area contributed by atoms with Crippen LogP contribution in [-0.2, 0) is 9.59 Å². The fourth-order valence-electron chi connectivity index (χ4n) is 2.17. The van der Waals surface area contributed by atoms with Crippen LogP contribution in [0, 0.1) is 0 Å². The van der Waals surface area contributed by atoms with E-state index in [0.29, 0.717) is 25.9 Å². The van der Waals surface area contributed by atoms with E-state index in [1.807, 2.05) is 5.01 Å². The van der Waals surface area contributed by atoms with E-state index in [9.17, 15) is 14.7 Å². The summed E-state index contributed by atoms with van der Waals surface area (Å²) in [6.45, 7) is 1.20. The normalized spacial score (nSPS) is 21.7. The van der Waals surface area contributed by atoms with Crippen molar-refractivity contribution in [1.29, 1.82) is 0 Å². The third-order valence-corrected chi connectivity index (χ3v) is 3.39. The first-order valence-corrected chi connectivity index (χ1v) is 6.32. The molecule has 2 amide bonds. The van der Waals surface area contributed by atoms with E-state index in [-0.39, 0.29) is 37.5 Å². The number of hydrogen-bond donors (Lipinski definition) is 1. The molecule has 0 saturated carbocycles. The smallest absolute Gasteiger partial charge is 0.232 e. The van der Waals surface area contributed by atoms with E-state index in [1.165, 1.54) is 4.96 Å². The van der Waals surface area contributed by atoms with Crippen LogP contribution in [0.1, 0.15) is 25.7 Å². The predicted octanol–water partition coefficient (Wildman–Crippen LogP) is -1.49. The molecule has 0 bridgehead atoms. The second-order valence-electron chi connectivity index (χ2n) is 4.73. The van der Waals surface area contributed by atoms with Gasteiger partial charge in [-0.05, 0) is 12.8 Å². The Balaban J connectivity index is 1.48. The average molecular weight is 272 g/mol. The molecule has 2 aliphatic heterocycles. The summed E-state index contributed by atoms with van der Waals surface area (Å²) in [7, 11) is 0. The highest BCUT2D eigenvalue weighted by molar-refractivity contribution is 6.01. The molecule has 106 valence electrons. The van der Waals surface area contributed by atoms with E-state index in [0.717, 1.165) is 9.92 Å². The van der Waals surface area contributed by atoms with Gasteiger partial charge in [0, 0.05) is 30.9 Å². The van der Waals surface area contributed by atoms with Gasteiger partial charge in [0.25, 0.3) is 0 Å². The molecule has 2 saturated heterocycles. The summed E-state index contributed by atoms with van der Waals surface area (Å²) in [6, 6.07) is 0. The van der Waals surface area contributed by atoms with Crippen molar-refractivity contribution in [2.75, 3.05) is 24.8 Å². The SMILES string of the molecule is O=C1CCC(=O)N1COn1on1N1CCC(O)CC1. The third-order valence-electron chi connectivity index (χ3n) is 3.39. The zero-order chi connectivity index (χ0) is 13.4. The number of carbonyl (C=O) groups excluding carboxylic acids is 2. The maximum absolute atomic E-state index is 11.4. The second-order valence-corrected chi connectivity index (χ2v) is 4.73. The standard InChI is InChI=1S/C10H16N4O5/c15-8-3-5-11(6-4-8)13-14(19-13)18-7-12-9(16)1-2-10(12)17/h8,15H,1-7H2. The molecule has 2 aliphatic rings. The maximum Gasteiger partial charge on any atom is 0.232 e. The molecule has 0 atom stereocenters. The number of carbonyl (C=O) groups is 2. The highest BCUT2D eigenvalue weighted by Crippen LogP contribution is 2.13. The number of rotatable bonds is 4. The van der Waals surface area contributed by atoms with E-state index in [4.69, 9.17) is 9.47 Å². The maximum atomic E-state index is 11.4. The molecule has 19 heavy (non-hydrogen) atoms. The summed E-state index contributed by atoms with van der Waals surface area (Å²) in [5.41, 5.74) is 0. The summed E-state index contributed by atoms with van der Waals surface area (Å²) in [4.78, 5) is 30.4. The molecule has 9 nitrogen and oxygen atoms in total. The number of nitrogens with zero attached hydrogens (tertiary/aromatic N) is 4. The van der Waals surface area contributed by atoms with Gasteiger partial charge in [-0.3, -0.25) is 14.6 Å². The fraction of sp³-hybridized carbons (Fsp3) is 0.800. The number of aliphatic hydroxyl groups excluding tert-OH is 1. The average Bonchev–Trinajstić information content (AvgIpc) is 3.10. The molecule has 1 aromatic rings. The quantitative estimate of drug-likeness (QED) is 0.671. The first-order valence-electron chi connectivity index (χ1n) is 6.32. The molecule has 1 aromatic heterocycles. The van der Waals surface area contributed by atoms with Crippen molar-refractivity contribution >= 4 is 11.8 Å². The minimum Gasteiger partial charge on any atom is -0.393 e. The lowest BCUT2D eigenvalue weighted by Gasteiger charge is -2.25. The Morgan fingerprint density at radius 3 is 2.47 bits per heavy atom. The van der Waals surface area contributed by atoms with Crippen molar-refractivity contribution < 1.29 is 24.2 Å². The van der Waals surface area contributed by atoms with E-state index in [1.54, 1.807) is 0 Å². The monoisotopic (exact) mass is 272 g/mol. The summed E-state index contributed by atoms with van der Waals surface area (Å²) >= 11 is 0. The van der Waals surface area contributed by atoms with Gasteiger partial charge >= 0.3 is 0 Å². The van der Waals surface area contributed by atoms with Crippen LogP contribution in [0.3, 0.4) is 0 Å². The van der Waals surface area contributed by atoms with Gasteiger partial charge in [-0.15, -0.1) is 0 Å². The van der Waals surface area contributed by atoms with Gasteiger partial charge in [0.2, 0.25) is 18.5 Å². The molecule has 0 spiro atoms. The molecule has 1 N–H and O–H groups in total. The number of likely N-dealkylation sites (tertiary alicyclic amines) is 1. The Morgan fingerprint density at radius 2 is 1.84 bits per heavy atom. The van der Waals surface area contributed by atoms with E-state index < -0.39 is 0 Å². The van der Waals surface area contributed by atoms with Crippen molar-refractivity contribution in [3.8, 4) is 0 Å². The molecule has 3 heterocycles. The van der Waals surface area contributed by atoms with Crippen molar-refractivity contribution in [1.82, 2.24) is 14.9 Å². The number of amides is 2. The molecular formula is C10H16N4O5. The van der Waals surface area contributed by atoms with Crippen LogP contribution in [0.25, 0.3) is 0 Å². The Bertz CT molecular complexity index is 451. The number of imide groups is 1. The van der Waals surface area contributed by atoms with Gasteiger partial charge in [-0.2, -0.15) is 4.63 Å². The van der Waals surface area contributed by atoms with Crippen LogP contribution in [0.4, 0.5) is 0 Å². The molecule has 0 radical (unpaired) electrons. The zero-order valence-electron chi connectivity index (χ0n) is 10.4. The third kappa shape index (κ3) is 2.46. The van der Waals surface area contributed by atoms with Gasteiger partial charge in [0.15, 0.2) is 0 Å². The van der Waals surface area contributed by atoms with Gasteiger partial charge < -0.3 is 9.94 Å². The van der Waals surface area contributed by atoms with Gasteiger partial charge in [0.05, 0.1) is 6.10 Å². The largest absolute Gasteiger partial charge is 0.393 e. The Hall–Kier alpha value is -1.90. The molecule has 0 unspecified atom stereocenters. The van der Waals surface area contributed by atoms with Crippen LogP contribution < -0.4 is 9.85 Å². The van der Waals surface area contributed by atoms with Crippen LogP contribution in [0.2, 0.25) is 0 Å². The van der Waals surface area contributed by atoms with Gasteiger partial charge in [-0.25, -0.2) is 4.90 Å². The molecule has 2 fully saturated rings. The topological polar surface area (TPSA) is 93.1 Å². The van der Waals surface area contributed by atoms with Crippen molar-refractivity contribution in [2.24, 2.45) is 0 Å². The number of aromatic nitrogens is 2. The van der Waals surface area contributed by atoms with E-state index >= 15 is 0 Å². The highest BCUT2D eigenvalue weighted by Gasteiger charge is 2.31. The first kappa shape index (κ1) is 12.2. The fourth-order valence-corrected chi connectivity index (χ4v) is 2.17. The molecule has 0 aliphatic carbocycles. The Labute approximate surface area is 108 Å². The van der Waals surface area contributed by atoms with Gasteiger partial charge in [0.1, 0.15) is 5.02 Å². The summed E-state index contributed by atoms with van der Waals surface area (Å²) in [6.07, 6.45) is 1.59. The summed E-state index contributed by atoms with van der Waals surface area (Å²) < 4.78 is 5.06. The van der Waals surface area contributed by atoms with Crippen molar-refractivity contribution in [2.45, 2.75) is 31.8 Å². The number of hydrogen-bond acceptors (Lipinski definition) is 6. The Morgan fingerprint density at radius 1 is 1.21 bits per heavy atom. The summed E-state index contributed by atoms with van der Waals surface area (Å²) in [5, 5.41) is 12.4. The van der Waals surface area contributed by atoms with Crippen LogP contribution >= 0.6 is 0 Å². The lowest BCUT2D eigenvalue weighted by molar-refractivity contribution is -0.146. The zero-order valence-corrected chi connectivity index (χ0v) is 10.4. The van der Waals surface area contributed by atoms with Gasteiger partial charge in [-0.1, -0.05) is 0 Å². The minimum absolute atomic E-state index is 0.134. The molecule has 0 aromatic carbocycles. The van der Waals surface area contributed by atoms with Crippen molar-refractivity contribution in [3.05, 3.63) is 0 Å². The van der Waals surface area contributed by atoms with Crippen molar-refractivity contribution in [3.63, 3.8) is 0 Å². The Kier molecular flexibility index (Phi) is 2.97. The molecule has 9 heteroatoms. The van der Waals surface area contributed by atoms with Crippen LogP contribution in [0.15, 0.2) is 4.63 Å². The molecule has 3 rings (SSSR count). The van der Waals surface area contributed by atoms with Crippen LogP contribution in [-0.4, -0.2) is 57.7 Å². The summed E-state index contributed by atoms with van der Waals surface area (Å²) in [5.74, 6) is -0.445. The minimum atomic E-state index is -0.259. The first-order chi connectivity index (χ1) is 9.15. The van der Waals surface area contributed by atoms with Crippen LogP contribution in [0.5, 0.6) is 0 Å². The number of piperidine rings is 1. The number of aliphatic hydroxyl groups is 1. The lowest BCUT2D eigenvalue weighted by Crippen LogP contribution is -2.42. The highest BCUT2D eigenvalue weighted by atomic mass is 17.0. The van der Waals surface area contributed by atoms with E-state index in [2.05, 4.69) is 0 Å². The second kappa shape index (κ2) is 4.65.